The van der Waals surface area contributed by atoms with Crippen LogP contribution in [0.1, 0.15) is 12.1 Å². The third-order valence-corrected chi connectivity index (χ3v) is 4.52. The molecule has 2 aromatic heterocycles. The standard InChI is InChI=1S/C15H11F2N3O2S/c16-15(17)13-7-6-11(9-19-13)23(21,22)20-12-5-1-3-10-4-2-8-18-14(10)12/h1-9,15,20H. The number of aromatic nitrogens is 2. The molecule has 0 aliphatic rings. The molecule has 5 nitrogen and oxygen atoms in total. The second-order valence-corrected chi connectivity index (χ2v) is 6.39. The Bertz CT molecular complexity index is 939. The number of para-hydroxylation sites is 1. The second kappa shape index (κ2) is 5.88. The maximum Gasteiger partial charge on any atom is 0.280 e. The minimum atomic E-state index is -3.94. The molecule has 3 rings (SSSR count). The van der Waals surface area contributed by atoms with Gasteiger partial charge in [-0.2, -0.15) is 0 Å². The zero-order valence-corrected chi connectivity index (χ0v) is 12.5. The van der Waals surface area contributed by atoms with E-state index in [1.54, 1.807) is 36.5 Å². The summed E-state index contributed by atoms with van der Waals surface area (Å²) in [6, 6.07) is 10.7. The molecular weight excluding hydrogens is 324 g/mol. The maximum atomic E-state index is 12.5. The number of hydrogen-bond donors (Lipinski definition) is 1. The van der Waals surface area contributed by atoms with Gasteiger partial charge in [-0.3, -0.25) is 14.7 Å². The van der Waals surface area contributed by atoms with Crippen LogP contribution >= 0.6 is 0 Å². The Morgan fingerprint density at radius 2 is 1.78 bits per heavy atom. The molecule has 0 aliphatic heterocycles. The number of pyridine rings is 2. The molecule has 0 amide bonds. The monoisotopic (exact) mass is 335 g/mol. The van der Waals surface area contributed by atoms with E-state index in [9.17, 15) is 17.2 Å². The quantitative estimate of drug-likeness (QED) is 0.793. The van der Waals surface area contributed by atoms with Gasteiger partial charge in [0.1, 0.15) is 10.6 Å². The highest BCUT2D eigenvalue weighted by Crippen LogP contribution is 2.24. The van der Waals surface area contributed by atoms with E-state index in [2.05, 4.69) is 14.7 Å². The lowest BCUT2D eigenvalue weighted by molar-refractivity contribution is 0.146. The molecule has 0 atom stereocenters. The molecule has 0 saturated heterocycles. The smallest absolute Gasteiger partial charge is 0.277 e. The molecule has 2 heterocycles. The molecule has 0 fully saturated rings. The second-order valence-electron chi connectivity index (χ2n) is 4.71. The lowest BCUT2D eigenvalue weighted by atomic mass is 10.2. The first-order chi connectivity index (χ1) is 11.0. The van der Waals surface area contributed by atoms with E-state index in [1.165, 1.54) is 0 Å². The van der Waals surface area contributed by atoms with Crippen molar-refractivity contribution in [1.29, 1.82) is 0 Å². The summed E-state index contributed by atoms with van der Waals surface area (Å²) < 4.78 is 52.1. The summed E-state index contributed by atoms with van der Waals surface area (Å²) in [5.41, 5.74) is 0.326. The van der Waals surface area contributed by atoms with Crippen LogP contribution in [0.5, 0.6) is 0 Å². The summed E-state index contributed by atoms with van der Waals surface area (Å²) in [7, 11) is -3.94. The van der Waals surface area contributed by atoms with Gasteiger partial charge in [0.2, 0.25) is 0 Å². The van der Waals surface area contributed by atoms with Gasteiger partial charge in [0.15, 0.2) is 0 Å². The highest BCUT2D eigenvalue weighted by Gasteiger charge is 2.18. The molecule has 118 valence electrons. The van der Waals surface area contributed by atoms with E-state index in [0.29, 0.717) is 11.2 Å². The van der Waals surface area contributed by atoms with Crippen LogP contribution < -0.4 is 4.72 Å². The number of rotatable bonds is 4. The summed E-state index contributed by atoms with van der Waals surface area (Å²) in [6.07, 6.45) is -0.288. The van der Waals surface area contributed by atoms with Crippen molar-refractivity contribution >= 4 is 26.6 Å². The normalized spacial score (nSPS) is 11.8. The van der Waals surface area contributed by atoms with Crippen LogP contribution in [-0.4, -0.2) is 18.4 Å². The Labute approximate surface area is 131 Å². The van der Waals surface area contributed by atoms with Crippen molar-refractivity contribution in [3.05, 3.63) is 60.6 Å². The molecule has 1 N–H and O–H groups in total. The van der Waals surface area contributed by atoms with Crippen LogP contribution in [0.4, 0.5) is 14.5 Å². The summed E-state index contributed by atoms with van der Waals surface area (Å²) in [5, 5.41) is 0.777. The van der Waals surface area contributed by atoms with Gasteiger partial charge in [-0.05, 0) is 24.3 Å². The van der Waals surface area contributed by atoms with Gasteiger partial charge in [-0.25, -0.2) is 17.2 Å². The molecule has 0 radical (unpaired) electrons. The van der Waals surface area contributed by atoms with E-state index in [0.717, 1.165) is 23.7 Å². The van der Waals surface area contributed by atoms with Crippen LogP contribution in [0.15, 0.2) is 59.8 Å². The first-order valence-corrected chi connectivity index (χ1v) is 8.06. The predicted molar refractivity (Wildman–Crippen MR) is 81.7 cm³/mol. The Kier molecular flexibility index (Phi) is 3.91. The zero-order chi connectivity index (χ0) is 16.4. The number of halogens is 2. The Balaban J connectivity index is 1.97. The highest BCUT2D eigenvalue weighted by molar-refractivity contribution is 7.92. The van der Waals surface area contributed by atoms with Gasteiger partial charge in [-0.15, -0.1) is 0 Å². The molecule has 0 bridgehead atoms. The third-order valence-electron chi connectivity index (χ3n) is 3.17. The van der Waals surface area contributed by atoms with Crippen molar-refractivity contribution in [3.8, 4) is 0 Å². The topological polar surface area (TPSA) is 72.0 Å². The molecule has 1 aromatic carbocycles. The maximum absolute atomic E-state index is 12.5. The molecule has 23 heavy (non-hydrogen) atoms. The molecule has 0 unspecified atom stereocenters. The third kappa shape index (κ3) is 3.11. The molecular formula is C15H11F2N3O2S. The van der Waals surface area contributed by atoms with E-state index < -0.39 is 22.1 Å². The summed E-state index contributed by atoms with van der Waals surface area (Å²) >= 11 is 0. The lowest BCUT2D eigenvalue weighted by Crippen LogP contribution is -2.14. The molecule has 0 aliphatic carbocycles. The van der Waals surface area contributed by atoms with Crippen molar-refractivity contribution in [2.24, 2.45) is 0 Å². The lowest BCUT2D eigenvalue weighted by Gasteiger charge is -2.10. The number of benzene rings is 1. The highest BCUT2D eigenvalue weighted by atomic mass is 32.2. The van der Waals surface area contributed by atoms with Gasteiger partial charge in [0, 0.05) is 17.8 Å². The Hall–Kier alpha value is -2.61. The number of alkyl halides is 2. The number of fused-ring (bicyclic) bond motifs is 1. The van der Waals surface area contributed by atoms with Crippen LogP contribution in [0.25, 0.3) is 10.9 Å². The number of nitrogens with one attached hydrogen (secondary N) is 1. The number of sulfonamides is 1. The molecule has 8 heteroatoms. The van der Waals surface area contributed by atoms with Gasteiger partial charge in [-0.1, -0.05) is 18.2 Å². The first kappa shape index (κ1) is 15.3. The van der Waals surface area contributed by atoms with E-state index in [4.69, 9.17) is 0 Å². The largest absolute Gasteiger partial charge is 0.280 e. The predicted octanol–water partition coefficient (Wildman–Crippen LogP) is 3.37. The summed E-state index contributed by atoms with van der Waals surface area (Å²) in [6.45, 7) is 0. The fourth-order valence-corrected chi connectivity index (χ4v) is 3.08. The fourth-order valence-electron chi connectivity index (χ4n) is 2.07. The average Bonchev–Trinajstić information content (AvgIpc) is 2.55. The minimum absolute atomic E-state index is 0.199. The van der Waals surface area contributed by atoms with Crippen LogP contribution in [0, 0.1) is 0 Å². The Morgan fingerprint density at radius 3 is 2.48 bits per heavy atom. The van der Waals surface area contributed by atoms with Crippen molar-refractivity contribution in [3.63, 3.8) is 0 Å². The van der Waals surface area contributed by atoms with Crippen molar-refractivity contribution in [1.82, 2.24) is 9.97 Å². The summed E-state index contributed by atoms with van der Waals surface area (Å²) in [5.74, 6) is 0. The number of nitrogens with zero attached hydrogens (tertiary/aromatic N) is 2. The van der Waals surface area contributed by atoms with E-state index >= 15 is 0 Å². The van der Waals surface area contributed by atoms with E-state index in [1.807, 2.05) is 0 Å². The first-order valence-electron chi connectivity index (χ1n) is 6.58. The molecule has 0 saturated carbocycles. The number of anilines is 1. The molecule has 3 aromatic rings. The summed E-state index contributed by atoms with van der Waals surface area (Å²) in [4.78, 5) is 7.42. The van der Waals surface area contributed by atoms with Gasteiger partial charge >= 0.3 is 0 Å². The van der Waals surface area contributed by atoms with Crippen LogP contribution in [-0.2, 0) is 10.0 Å². The average molecular weight is 335 g/mol. The van der Waals surface area contributed by atoms with Gasteiger partial charge in [0.25, 0.3) is 16.4 Å². The minimum Gasteiger partial charge on any atom is -0.277 e. The fraction of sp³-hybridized carbons (Fsp3) is 0.0667. The van der Waals surface area contributed by atoms with Crippen molar-refractivity contribution in [2.45, 2.75) is 11.3 Å². The van der Waals surface area contributed by atoms with Gasteiger partial charge in [0.05, 0.1) is 11.2 Å². The SMILES string of the molecule is O=S(=O)(Nc1cccc2cccnc12)c1ccc(C(F)F)nc1. The Morgan fingerprint density at radius 1 is 1.00 bits per heavy atom. The van der Waals surface area contributed by atoms with Crippen molar-refractivity contribution < 1.29 is 17.2 Å². The van der Waals surface area contributed by atoms with Gasteiger partial charge < -0.3 is 0 Å². The number of hydrogen-bond acceptors (Lipinski definition) is 4. The molecule has 0 spiro atoms. The van der Waals surface area contributed by atoms with Crippen LogP contribution in [0.2, 0.25) is 0 Å². The van der Waals surface area contributed by atoms with Crippen LogP contribution in [0.3, 0.4) is 0 Å². The zero-order valence-electron chi connectivity index (χ0n) is 11.6. The van der Waals surface area contributed by atoms with E-state index in [-0.39, 0.29) is 4.90 Å². The van der Waals surface area contributed by atoms with Crippen molar-refractivity contribution in [2.75, 3.05) is 4.72 Å².